The van der Waals surface area contributed by atoms with Gasteiger partial charge in [-0.05, 0) is 38.2 Å². The number of likely N-dealkylation sites (tertiary alicyclic amines) is 1. The SMILES string of the molecule is CCCCCn1nc(C(=O)N2CCC(NC(=O)C3CCCCC3)CC2)c2ccccc2c1=O. The molecule has 33 heavy (non-hydrogen) atoms. The summed E-state index contributed by atoms with van der Waals surface area (Å²) in [7, 11) is 0. The zero-order chi connectivity index (χ0) is 23.2. The molecule has 4 rings (SSSR count). The van der Waals surface area contributed by atoms with Crippen molar-refractivity contribution in [3.05, 3.63) is 40.3 Å². The van der Waals surface area contributed by atoms with Gasteiger partial charge in [-0.25, -0.2) is 4.68 Å². The molecule has 1 N–H and O–H groups in total. The van der Waals surface area contributed by atoms with E-state index in [-0.39, 0.29) is 29.3 Å². The van der Waals surface area contributed by atoms with Crippen LogP contribution in [0.2, 0.25) is 0 Å². The molecule has 1 saturated carbocycles. The molecule has 7 nitrogen and oxygen atoms in total. The van der Waals surface area contributed by atoms with E-state index in [1.807, 2.05) is 23.1 Å². The standard InChI is InChI=1S/C26H36N4O3/c1-2-3-9-16-30-25(32)22-13-8-7-12-21(22)23(28-30)26(33)29-17-14-20(15-18-29)27-24(31)19-10-5-4-6-11-19/h7-8,12-13,19-20H,2-6,9-11,14-18H2,1H3,(H,27,31). The molecule has 0 bridgehead atoms. The second-order valence-corrected chi connectivity index (χ2v) is 9.54. The minimum atomic E-state index is -0.137. The quantitative estimate of drug-likeness (QED) is 0.646. The van der Waals surface area contributed by atoms with E-state index in [9.17, 15) is 14.4 Å². The summed E-state index contributed by atoms with van der Waals surface area (Å²) in [6.45, 7) is 3.80. The third-order valence-electron chi connectivity index (χ3n) is 7.15. The number of piperidine rings is 1. The van der Waals surface area contributed by atoms with E-state index in [2.05, 4.69) is 17.3 Å². The van der Waals surface area contributed by atoms with Crippen molar-refractivity contribution >= 4 is 22.6 Å². The first kappa shape index (κ1) is 23.5. The van der Waals surface area contributed by atoms with E-state index in [0.29, 0.717) is 36.1 Å². The summed E-state index contributed by atoms with van der Waals surface area (Å²) in [5.41, 5.74) is 0.216. The van der Waals surface area contributed by atoms with Crippen molar-refractivity contribution in [1.29, 1.82) is 0 Å². The zero-order valence-corrected chi connectivity index (χ0v) is 19.7. The molecule has 1 aliphatic carbocycles. The lowest BCUT2D eigenvalue weighted by Gasteiger charge is -2.33. The highest BCUT2D eigenvalue weighted by atomic mass is 16.2. The van der Waals surface area contributed by atoms with Crippen LogP contribution in [-0.4, -0.2) is 45.6 Å². The van der Waals surface area contributed by atoms with E-state index in [1.54, 1.807) is 6.07 Å². The third kappa shape index (κ3) is 5.45. The summed E-state index contributed by atoms with van der Waals surface area (Å²) in [5.74, 6) is 0.210. The first-order valence-electron chi connectivity index (χ1n) is 12.7. The van der Waals surface area contributed by atoms with Crippen molar-refractivity contribution < 1.29 is 9.59 Å². The van der Waals surface area contributed by atoms with Crippen LogP contribution in [0, 0.1) is 5.92 Å². The maximum Gasteiger partial charge on any atom is 0.274 e. The summed E-state index contributed by atoms with van der Waals surface area (Å²) in [6.07, 6.45) is 9.95. The molecule has 2 aromatic rings. The molecule has 2 heterocycles. The van der Waals surface area contributed by atoms with Crippen molar-refractivity contribution in [3.8, 4) is 0 Å². The van der Waals surface area contributed by atoms with Crippen LogP contribution in [0.5, 0.6) is 0 Å². The molecular formula is C26H36N4O3. The molecule has 1 aliphatic heterocycles. The third-order valence-corrected chi connectivity index (χ3v) is 7.15. The van der Waals surface area contributed by atoms with Crippen LogP contribution in [-0.2, 0) is 11.3 Å². The minimum absolute atomic E-state index is 0.121. The highest BCUT2D eigenvalue weighted by Gasteiger charge is 2.29. The van der Waals surface area contributed by atoms with Crippen molar-refractivity contribution in [1.82, 2.24) is 20.0 Å². The van der Waals surface area contributed by atoms with Gasteiger partial charge in [-0.15, -0.1) is 0 Å². The second-order valence-electron chi connectivity index (χ2n) is 9.54. The fourth-order valence-corrected chi connectivity index (χ4v) is 5.12. The molecule has 178 valence electrons. The summed E-state index contributed by atoms with van der Waals surface area (Å²) >= 11 is 0. The van der Waals surface area contributed by atoms with Gasteiger partial charge in [0.2, 0.25) is 5.91 Å². The molecule has 1 aromatic carbocycles. The number of amides is 2. The Morgan fingerprint density at radius 2 is 1.70 bits per heavy atom. The van der Waals surface area contributed by atoms with Gasteiger partial charge in [-0.3, -0.25) is 14.4 Å². The first-order valence-corrected chi connectivity index (χ1v) is 12.7. The number of hydrogen-bond donors (Lipinski definition) is 1. The predicted octanol–water partition coefficient (Wildman–Crippen LogP) is 3.89. The first-order chi connectivity index (χ1) is 16.1. The molecule has 0 atom stereocenters. The molecule has 2 aliphatic rings. The van der Waals surface area contributed by atoms with E-state index in [0.717, 1.165) is 57.8 Å². The molecule has 7 heteroatoms. The Labute approximate surface area is 195 Å². The summed E-state index contributed by atoms with van der Waals surface area (Å²) in [6, 6.07) is 7.38. The summed E-state index contributed by atoms with van der Waals surface area (Å²) < 4.78 is 1.46. The van der Waals surface area contributed by atoms with Gasteiger partial charge in [-0.1, -0.05) is 57.2 Å². The minimum Gasteiger partial charge on any atom is -0.353 e. The van der Waals surface area contributed by atoms with Gasteiger partial charge in [0, 0.05) is 37.0 Å². The van der Waals surface area contributed by atoms with Crippen molar-refractivity contribution in [2.75, 3.05) is 13.1 Å². The maximum absolute atomic E-state index is 13.4. The van der Waals surface area contributed by atoms with Crippen LogP contribution in [0.3, 0.4) is 0 Å². The lowest BCUT2D eigenvalue weighted by molar-refractivity contribution is -0.126. The summed E-state index contributed by atoms with van der Waals surface area (Å²) in [5, 5.41) is 8.90. The van der Waals surface area contributed by atoms with Crippen LogP contribution in [0.15, 0.2) is 29.1 Å². The zero-order valence-electron chi connectivity index (χ0n) is 19.7. The van der Waals surface area contributed by atoms with Gasteiger partial charge in [0.15, 0.2) is 5.69 Å². The van der Waals surface area contributed by atoms with Crippen LogP contribution < -0.4 is 10.9 Å². The normalized spacial score (nSPS) is 17.9. The van der Waals surface area contributed by atoms with Gasteiger partial charge in [-0.2, -0.15) is 5.10 Å². The average Bonchev–Trinajstić information content (AvgIpc) is 2.86. The number of carbonyl (C=O) groups is 2. The number of aryl methyl sites for hydroxylation is 1. The van der Waals surface area contributed by atoms with Gasteiger partial charge in [0.05, 0.1) is 5.39 Å². The van der Waals surface area contributed by atoms with Crippen molar-refractivity contribution in [2.24, 2.45) is 5.92 Å². The van der Waals surface area contributed by atoms with Crippen molar-refractivity contribution in [2.45, 2.75) is 83.7 Å². The van der Waals surface area contributed by atoms with Gasteiger partial charge >= 0.3 is 0 Å². The monoisotopic (exact) mass is 452 g/mol. The highest BCUT2D eigenvalue weighted by molar-refractivity contribution is 6.04. The van der Waals surface area contributed by atoms with E-state index in [1.165, 1.54) is 11.1 Å². The van der Waals surface area contributed by atoms with Crippen LogP contribution in [0.1, 0.15) is 81.6 Å². The number of rotatable bonds is 7. The Bertz CT molecular complexity index is 1030. The number of hydrogen-bond acceptors (Lipinski definition) is 4. The van der Waals surface area contributed by atoms with Crippen LogP contribution >= 0.6 is 0 Å². The largest absolute Gasteiger partial charge is 0.353 e. The fourth-order valence-electron chi connectivity index (χ4n) is 5.12. The molecule has 2 fully saturated rings. The van der Waals surface area contributed by atoms with Crippen LogP contribution in [0.4, 0.5) is 0 Å². The molecule has 0 spiro atoms. The maximum atomic E-state index is 13.4. The Kier molecular flexibility index (Phi) is 7.78. The number of aromatic nitrogens is 2. The highest BCUT2D eigenvalue weighted by Crippen LogP contribution is 2.24. The average molecular weight is 453 g/mol. The molecule has 2 amide bonds. The number of carbonyl (C=O) groups excluding carboxylic acids is 2. The molecule has 1 saturated heterocycles. The van der Waals surface area contributed by atoms with Gasteiger partial charge in [0.25, 0.3) is 11.5 Å². The Hall–Kier alpha value is -2.70. The lowest BCUT2D eigenvalue weighted by Crippen LogP contribution is -2.48. The van der Waals surface area contributed by atoms with Crippen LogP contribution in [0.25, 0.3) is 10.8 Å². The van der Waals surface area contributed by atoms with Gasteiger partial charge in [0.1, 0.15) is 0 Å². The summed E-state index contributed by atoms with van der Waals surface area (Å²) in [4.78, 5) is 40.7. The number of fused-ring (bicyclic) bond motifs is 1. The molecule has 1 aromatic heterocycles. The van der Waals surface area contributed by atoms with Crippen molar-refractivity contribution in [3.63, 3.8) is 0 Å². The topological polar surface area (TPSA) is 84.3 Å². The number of benzene rings is 1. The lowest BCUT2D eigenvalue weighted by atomic mass is 9.88. The number of nitrogens with zero attached hydrogens (tertiary/aromatic N) is 3. The molecule has 0 unspecified atom stereocenters. The number of nitrogens with one attached hydrogen (secondary N) is 1. The predicted molar refractivity (Wildman–Crippen MR) is 129 cm³/mol. The van der Waals surface area contributed by atoms with E-state index in [4.69, 9.17) is 0 Å². The Morgan fingerprint density at radius 1 is 1.00 bits per heavy atom. The second kappa shape index (κ2) is 10.9. The number of unbranched alkanes of at least 4 members (excludes halogenated alkanes) is 2. The Morgan fingerprint density at radius 3 is 2.39 bits per heavy atom. The molecule has 0 radical (unpaired) electrons. The fraction of sp³-hybridized carbons (Fsp3) is 0.615. The van der Waals surface area contributed by atoms with Gasteiger partial charge < -0.3 is 10.2 Å². The van der Waals surface area contributed by atoms with E-state index < -0.39 is 0 Å². The molecular weight excluding hydrogens is 416 g/mol. The Balaban J connectivity index is 1.45. The smallest absolute Gasteiger partial charge is 0.274 e. The van der Waals surface area contributed by atoms with E-state index >= 15 is 0 Å².